The van der Waals surface area contributed by atoms with E-state index in [0.29, 0.717) is 18.4 Å². The van der Waals surface area contributed by atoms with Crippen LogP contribution >= 0.6 is 0 Å². The van der Waals surface area contributed by atoms with Gasteiger partial charge < -0.3 is 53.0 Å². The number of phenolic OH excluding ortho intramolecular Hbond substituents is 3. The third kappa shape index (κ3) is 16.7. The highest BCUT2D eigenvalue weighted by atomic mass is 16.3. The molecule has 0 heterocycles. The Kier molecular flexibility index (Phi) is 20.7. The molecule has 0 aliphatic rings. The number of ketones is 1. The highest BCUT2D eigenvalue weighted by Gasteiger charge is 2.32. The third-order valence-electron chi connectivity index (χ3n) is 9.68. The lowest BCUT2D eigenvalue weighted by Gasteiger charge is -2.26. The molecule has 1 unspecified atom stereocenters. The number of hydrogen-bond donors (Lipinski definition) is 10. The number of aryl methyl sites for hydroxylation is 1. The van der Waals surface area contributed by atoms with Crippen molar-refractivity contribution in [3.63, 3.8) is 0 Å². The van der Waals surface area contributed by atoms with Crippen molar-refractivity contribution in [1.82, 2.24) is 16.0 Å². The number of hydrogen-bond acceptors (Lipinski definition) is 11. The molecule has 322 valence electrons. The van der Waals surface area contributed by atoms with E-state index in [1.54, 1.807) is 6.92 Å². The van der Waals surface area contributed by atoms with E-state index >= 15 is 0 Å². The molecule has 0 fully saturated rings. The highest BCUT2D eigenvalue weighted by Crippen LogP contribution is 2.41. The minimum absolute atomic E-state index is 0.0812. The van der Waals surface area contributed by atoms with Gasteiger partial charge in [-0.2, -0.15) is 0 Å². The number of primary amides is 2. The maximum absolute atomic E-state index is 14.0. The number of Topliss-reactive ketones (excluding diaryl/α,β-unsaturated/α-hetero) is 1. The van der Waals surface area contributed by atoms with Crippen molar-refractivity contribution in [1.29, 1.82) is 0 Å². The predicted octanol–water partition coefficient (Wildman–Crippen LogP) is 3.30. The molecular weight excluding hydrogens is 750 g/mol. The number of phenols is 3. The minimum Gasteiger partial charge on any atom is -0.508 e. The Hall–Kier alpha value is -5.22. The molecule has 0 aliphatic heterocycles. The maximum Gasteiger partial charge on any atom is 0.243 e. The number of amides is 5. The molecule has 0 saturated heterocycles. The van der Waals surface area contributed by atoms with Gasteiger partial charge >= 0.3 is 0 Å². The summed E-state index contributed by atoms with van der Waals surface area (Å²) >= 11 is 0. The smallest absolute Gasteiger partial charge is 0.243 e. The summed E-state index contributed by atoms with van der Waals surface area (Å²) in [6, 6.07) is 2.68. The topological polar surface area (TPSA) is 292 Å². The number of nitrogens with two attached hydrogens (primary N) is 2. The minimum atomic E-state index is -1.82. The molecule has 0 aliphatic carbocycles. The zero-order chi connectivity index (χ0) is 43.5. The SMILES string of the molecule is CCCCCCCCC[C@@H](O)CC(=O)N[C@@H](CC(N)=O)C(=O)N[C@@H](CCC(N)=O)C(=O)N[C@@H](CC(=O)c1cc(C)cc(O)c1C(O)c1c(O)cccc1O)CC(C)C. The zero-order valence-electron chi connectivity index (χ0n) is 34.1. The van der Waals surface area contributed by atoms with Gasteiger partial charge in [-0.15, -0.1) is 0 Å². The van der Waals surface area contributed by atoms with Crippen LogP contribution in [0.15, 0.2) is 30.3 Å². The Bertz CT molecular complexity index is 1700. The summed E-state index contributed by atoms with van der Waals surface area (Å²) in [5.41, 5.74) is 10.4. The number of unbranched alkanes of at least 4 members (excludes halogenated alkanes) is 6. The van der Waals surface area contributed by atoms with Gasteiger partial charge in [-0.25, -0.2) is 0 Å². The quantitative estimate of drug-likeness (QED) is 0.0461. The molecule has 2 aromatic rings. The standard InChI is InChI=1S/C42H63N5O11/c1-5-6-7-8-9-10-11-13-27(48)22-37(55)46-30(23-36(44)54)42(58)47-29(16-17-35(43)53)41(57)45-26(18-24(2)3)21-33(51)28-19-25(4)20-34(52)38(28)40(56)39-31(49)14-12-15-32(39)50/h12,14-15,19-20,24,26-27,29-30,40,48-50,52,56H,5-11,13,16-18,21-23H2,1-4H3,(H2,43,53)(H2,44,54)(H,45,57)(H,46,55)(H,47,58)/t26-,27-,29+,30+,40?/m1/s1. The van der Waals surface area contributed by atoms with Gasteiger partial charge in [0.2, 0.25) is 29.5 Å². The number of rotatable bonds is 27. The summed E-state index contributed by atoms with van der Waals surface area (Å²) in [4.78, 5) is 77.8. The first-order chi connectivity index (χ1) is 27.3. The fourth-order valence-corrected chi connectivity index (χ4v) is 6.80. The molecule has 5 amide bonds. The molecule has 12 N–H and O–H groups in total. The van der Waals surface area contributed by atoms with Gasteiger partial charge in [0.15, 0.2) is 5.78 Å². The third-order valence-corrected chi connectivity index (χ3v) is 9.68. The van der Waals surface area contributed by atoms with Crippen LogP contribution < -0.4 is 27.4 Å². The number of benzene rings is 2. The van der Waals surface area contributed by atoms with Gasteiger partial charge in [-0.3, -0.25) is 28.8 Å². The lowest BCUT2D eigenvalue weighted by atomic mass is 9.88. The van der Waals surface area contributed by atoms with E-state index in [4.69, 9.17) is 11.5 Å². The Labute approximate surface area is 340 Å². The summed E-state index contributed by atoms with van der Waals surface area (Å²) < 4.78 is 0. The Morgan fingerprint density at radius 1 is 0.690 bits per heavy atom. The summed E-state index contributed by atoms with van der Waals surface area (Å²) in [5, 5.41) is 61.0. The number of aromatic hydroxyl groups is 3. The van der Waals surface area contributed by atoms with Crippen LogP contribution in [-0.4, -0.2) is 85.1 Å². The zero-order valence-corrected chi connectivity index (χ0v) is 34.1. The Morgan fingerprint density at radius 2 is 1.29 bits per heavy atom. The summed E-state index contributed by atoms with van der Waals surface area (Å²) in [6.45, 7) is 7.42. The van der Waals surface area contributed by atoms with Crippen molar-refractivity contribution in [3.05, 3.63) is 52.6 Å². The second kappa shape index (κ2) is 24.5. The van der Waals surface area contributed by atoms with Crippen molar-refractivity contribution in [3.8, 4) is 17.2 Å². The van der Waals surface area contributed by atoms with Crippen LogP contribution in [0.1, 0.15) is 144 Å². The number of carbonyl (C=O) groups is 6. The lowest BCUT2D eigenvalue weighted by molar-refractivity contribution is -0.134. The molecule has 58 heavy (non-hydrogen) atoms. The molecule has 2 rings (SSSR count). The number of aliphatic hydroxyl groups excluding tert-OH is 2. The molecule has 0 radical (unpaired) electrons. The number of nitrogens with one attached hydrogen (secondary N) is 3. The van der Waals surface area contributed by atoms with E-state index in [0.717, 1.165) is 32.1 Å². The average Bonchev–Trinajstić information content (AvgIpc) is 3.11. The Balaban J connectivity index is 2.27. The molecule has 16 nitrogen and oxygen atoms in total. The van der Waals surface area contributed by atoms with Crippen molar-refractivity contribution in [2.45, 2.75) is 148 Å². The van der Waals surface area contributed by atoms with Gasteiger partial charge in [0, 0.05) is 30.0 Å². The largest absolute Gasteiger partial charge is 0.508 e. The van der Waals surface area contributed by atoms with Gasteiger partial charge in [0.05, 0.1) is 24.5 Å². The van der Waals surface area contributed by atoms with Crippen LogP contribution in [0.2, 0.25) is 0 Å². The van der Waals surface area contributed by atoms with E-state index in [9.17, 15) is 54.3 Å². The lowest BCUT2D eigenvalue weighted by Crippen LogP contribution is -2.56. The first-order valence-corrected chi connectivity index (χ1v) is 20.0. The second-order valence-electron chi connectivity index (χ2n) is 15.4. The molecule has 0 aromatic heterocycles. The monoisotopic (exact) mass is 813 g/mol. The summed E-state index contributed by atoms with van der Waals surface area (Å²) in [5.74, 6) is -6.33. The van der Waals surface area contributed by atoms with Gasteiger partial charge in [0.1, 0.15) is 35.4 Å². The van der Waals surface area contributed by atoms with Crippen LogP contribution in [0.25, 0.3) is 0 Å². The van der Waals surface area contributed by atoms with Crippen LogP contribution in [0, 0.1) is 12.8 Å². The van der Waals surface area contributed by atoms with Crippen molar-refractivity contribution < 1.29 is 54.3 Å². The molecule has 0 spiro atoms. The van der Waals surface area contributed by atoms with E-state index < -0.39 is 89.3 Å². The van der Waals surface area contributed by atoms with Crippen LogP contribution in [-0.2, 0) is 24.0 Å². The maximum atomic E-state index is 14.0. The van der Waals surface area contributed by atoms with Crippen LogP contribution in [0.5, 0.6) is 17.2 Å². The molecule has 0 bridgehead atoms. The number of aliphatic hydroxyl groups is 2. The highest BCUT2D eigenvalue weighted by molar-refractivity contribution is 6.00. The number of carbonyl (C=O) groups excluding carboxylic acids is 6. The van der Waals surface area contributed by atoms with Crippen molar-refractivity contribution in [2.24, 2.45) is 17.4 Å². The normalized spacial score (nSPS) is 13.8. The molecule has 5 atom stereocenters. The fourth-order valence-electron chi connectivity index (χ4n) is 6.80. The first kappa shape index (κ1) is 48.9. The van der Waals surface area contributed by atoms with Gasteiger partial charge in [0.25, 0.3) is 0 Å². The van der Waals surface area contributed by atoms with Gasteiger partial charge in [-0.1, -0.05) is 71.8 Å². The van der Waals surface area contributed by atoms with E-state index in [-0.39, 0.29) is 54.7 Å². The summed E-state index contributed by atoms with van der Waals surface area (Å²) in [7, 11) is 0. The molecular formula is C42H63N5O11. The van der Waals surface area contributed by atoms with Crippen molar-refractivity contribution in [2.75, 3.05) is 0 Å². The average molecular weight is 814 g/mol. The van der Waals surface area contributed by atoms with E-state index in [2.05, 4.69) is 22.9 Å². The van der Waals surface area contributed by atoms with Crippen LogP contribution in [0.3, 0.4) is 0 Å². The molecule has 2 aromatic carbocycles. The summed E-state index contributed by atoms with van der Waals surface area (Å²) in [6.07, 6.45) is 3.06. The van der Waals surface area contributed by atoms with Crippen molar-refractivity contribution >= 4 is 35.3 Å². The van der Waals surface area contributed by atoms with Gasteiger partial charge in [-0.05, 0) is 61.9 Å². The molecule has 16 heteroatoms. The second-order valence-corrected chi connectivity index (χ2v) is 15.4. The Morgan fingerprint density at radius 3 is 1.88 bits per heavy atom. The van der Waals surface area contributed by atoms with E-state index in [1.807, 2.05) is 13.8 Å². The van der Waals surface area contributed by atoms with Crippen LogP contribution in [0.4, 0.5) is 0 Å². The van der Waals surface area contributed by atoms with E-state index in [1.165, 1.54) is 36.8 Å². The fraction of sp³-hybridized carbons (Fsp3) is 0.571. The molecule has 0 saturated carbocycles. The predicted molar refractivity (Wildman–Crippen MR) is 216 cm³/mol. The first-order valence-electron chi connectivity index (χ1n) is 20.0.